The van der Waals surface area contributed by atoms with Gasteiger partial charge in [-0.3, -0.25) is 14.6 Å². The number of benzene rings is 2. The zero-order chi connectivity index (χ0) is 32.3. The Bertz CT molecular complexity index is 1800. The Kier molecular flexibility index (Phi) is 7.55. The predicted octanol–water partition coefficient (Wildman–Crippen LogP) is 3.05. The molecule has 4 aliphatic heterocycles. The van der Waals surface area contributed by atoms with Crippen LogP contribution >= 0.6 is 0 Å². The molecule has 1 spiro atoms. The Labute approximate surface area is 270 Å². The van der Waals surface area contributed by atoms with Crippen LogP contribution in [-0.2, 0) is 20.4 Å². The summed E-state index contributed by atoms with van der Waals surface area (Å²) < 4.78 is 40.8. The zero-order valence-corrected chi connectivity index (χ0v) is 27.2. The number of piperidine rings is 1. The van der Waals surface area contributed by atoms with Crippen molar-refractivity contribution >= 4 is 21.6 Å². The van der Waals surface area contributed by atoms with Gasteiger partial charge in [-0.05, 0) is 76.3 Å². The van der Waals surface area contributed by atoms with E-state index in [2.05, 4.69) is 32.8 Å². The van der Waals surface area contributed by atoms with Crippen molar-refractivity contribution in [3.63, 3.8) is 0 Å². The third-order valence-corrected chi connectivity index (χ3v) is 11.7. The molecule has 2 aromatic carbocycles. The van der Waals surface area contributed by atoms with Crippen LogP contribution in [0.2, 0.25) is 0 Å². The lowest BCUT2D eigenvalue weighted by Gasteiger charge is -2.65. The Morgan fingerprint density at radius 1 is 1.02 bits per heavy atom. The van der Waals surface area contributed by atoms with Gasteiger partial charge in [0, 0.05) is 48.8 Å². The van der Waals surface area contributed by atoms with Crippen molar-refractivity contribution in [1.82, 2.24) is 19.7 Å². The van der Waals surface area contributed by atoms with Crippen molar-refractivity contribution in [2.75, 3.05) is 64.3 Å². The number of ether oxygens (including phenoxy) is 2. The molecule has 46 heavy (non-hydrogen) atoms. The van der Waals surface area contributed by atoms with Crippen LogP contribution in [0.15, 0.2) is 65.8 Å². The average Bonchev–Trinajstić information content (AvgIpc) is 3.29. The van der Waals surface area contributed by atoms with Crippen LogP contribution in [0.3, 0.4) is 0 Å². The maximum atomic E-state index is 15.2. The van der Waals surface area contributed by atoms with E-state index in [0.717, 1.165) is 43.3 Å². The largest absolute Gasteiger partial charge is 0.495 e. The molecule has 1 aromatic heterocycles. The molecule has 1 amide bonds. The lowest BCUT2D eigenvalue weighted by atomic mass is 9.67. The fraction of sp³-hybridized carbons (Fsp3) is 0.441. The summed E-state index contributed by atoms with van der Waals surface area (Å²) in [5.74, 6) is 0.256. The van der Waals surface area contributed by atoms with Crippen LogP contribution in [0.1, 0.15) is 36.5 Å². The van der Waals surface area contributed by atoms with E-state index < -0.39 is 21.5 Å². The van der Waals surface area contributed by atoms with Gasteiger partial charge in [0.25, 0.3) is 15.9 Å². The van der Waals surface area contributed by atoms with E-state index in [-0.39, 0.29) is 16.1 Å². The Hall–Kier alpha value is -4.02. The number of rotatable bonds is 8. The number of likely N-dealkylation sites (tertiary alicyclic amines) is 3. The summed E-state index contributed by atoms with van der Waals surface area (Å²) in [4.78, 5) is 26.4. The number of para-hydroxylation sites is 1. The number of nitrogens with zero attached hydrogens (tertiary/aromatic N) is 6. The number of aromatic nitrogens is 1. The number of carbonyl (C=O) groups excluding carboxylic acids is 1. The van der Waals surface area contributed by atoms with Crippen molar-refractivity contribution in [3.8, 4) is 17.6 Å². The number of sulfonamides is 1. The number of hydrogen-bond acceptors (Lipinski definition) is 10. The first-order valence-corrected chi connectivity index (χ1v) is 17.2. The monoisotopic (exact) mass is 642 g/mol. The number of amides is 1. The Morgan fingerprint density at radius 3 is 2.41 bits per heavy atom. The first kappa shape index (κ1) is 30.6. The Morgan fingerprint density at radius 2 is 1.76 bits per heavy atom. The molecule has 0 bridgehead atoms. The van der Waals surface area contributed by atoms with E-state index in [4.69, 9.17) is 9.47 Å². The lowest BCUT2D eigenvalue weighted by molar-refractivity contribution is -0.169. The molecule has 3 fully saturated rings. The van der Waals surface area contributed by atoms with Gasteiger partial charge in [-0.1, -0.05) is 18.2 Å². The number of methoxy groups -OCH3 is 1. The first-order chi connectivity index (χ1) is 22.2. The van der Waals surface area contributed by atoms with E-state index in [0.29, 0.717) is 53.9 Å². The fourth-order valence-corrected chi connectivity index (χ4v) is 9.22. The van der Waals surface area contributed by atoms with Crippen LogP contribution < -0.4 is 13.8 Å². The molecule has 3 aromatic rings. The van der Waals surface area contributed by atoms with Crippen LogP contribution in [0.5, 0.6) is 11.5 Å². The molecule has 5 heterocycles. The third kappa shape index (κ3) is 4.59. The number of fused-ring (bicyclic) bond motifs is 1. The average molecular weight is 643 g/mol. The molecule has 0 N–H and O–H groups in total. The van der Waals surface area contributed by atoms with Crippen molar-refractivity contribution in [3.05, 3.63) is 77.5 Å². The second-order valence-electron chi connectivity index (χ2n) is 12.9. The van der Waals surface area contributed by atoms with Crippen molar-refractivity contribution in [2.24, 2.45) is 5.41 Å². The van der Waals surface area contributed by atoms with Crippen LogP contribution in [0, 0.1) is 16.7 Å². The summed E-state index contributed by atoms with van der Waals surface area (Å²) in [6, 6.07) is 17.7. The topological polar surface area (TPSA) is 119 Å². The van der Waals surface area contributed by atoms with Crippen LogP contribution in [-0.4, -0.2) is 100 Å². The minimum Gasteiger partial charge on any atom is -0.495 e. The van der Waals surface area contributed by atoms with Gasteiger partial charge in [-0.2, -0.15) is 18.0 Å². The number of anilines is 1. The van der Waals surface area contributed by atoms with Gasteiger partial charge in [0.2, 0.25) is 0 Å². The van der Waals surface area contributed by atoms with Gasteiger partial charge in [0.05, 0.1) is 37.2 Å². The van der Waals surface area contributed by atoms with E-state index in [1.54, 1.807) is 18.2 Å². The molecule has 0 aliphatic carbocycles. The van der Waals surface area contributed by atoms with Crippen molar-refractivity contribution < 1.29 is 22.7 Å². The highest BCUT2D eigenvalue weighted by molar-refractivity contribution is 7.93. The van der Waals surface area contributed by atoms with Gasteiger partial charge >= 0.3 is 0 Å². The molecular weight excluding hydrogens is 604 g/mol. The van der Waals surface area contributed by atoms with Crippen molar-refractivity contribution in [1.29, 1.82) is 5.26 Å². The van der Waals surface area contributed by atoms with Crippen molar-refractivity contribution in [2.45, 2.75) is 36.4 Å². The maximum Gasteiger partial charge on any atom is 0.288 e. The smallest absolute Gasteiger partial charge is 0.288 e. The van der Waals surface area contributed by atoms with E-state index >= 15 is 4.79 Å². The first-order valence-electron chi connectivity index (χ1n) is 15.7. The van der Waals surface area contributed by atoms with Gasteiger partial charge in [0.15, 0.2) is 10.6 Å². The number of nitriles is 1. The highest BCUT2D eigenvalue weighted by Crippen LogP contribution is 2.57. The molecule has 1 unspecified atom stereocenters. The molecule has 7 rings (SSSR count). The van der Waals surface area contributed by atoms with Crippen LogP contribution in [0.4, 0.5) is 5.69 Å². The van der Waals surface area contributed by atoms with Gasteiger partial charge in [-0.15, -0.1) is 0 Å². The molecule has 0 radical (unpaired) electrons. The zero-order valence-electron chi connectivity index (χ0n) is 26.3. The molecule has 12 heteroatoms. The number of pyridine rings is 1. The second kappa shape index (κ2) is 11.3. The minimum absolute atomic E-state index is 0.00796. The summed E-state index contributed by atoms with van der Waals surface area (Å²) >= 11 is 0. The summed E-state index contributed by atoms with van der Waals surface area (Å²) in [5, 5.41) is 9.66. The summed E-state index contributed by atoms with van der Waals surface area (Å²) in [7, 11) is -0.826. The van der Waals surface area contributed by atoms with E-state index in [1.807, 2.05) is 31.2 Å². The third-order valence-electron chi connectivity index (χ3n) is 10.1. The maximum absolute atomic E-state index is 15.2. The highest BCUT2D eigenvalue weighted by Gasteiger charge is 2.66. The number of hydrogen-bond donors (Lipinski definition) is 0. The Balaban J connectivity index is 1.33. The number of carbonyl (C=O) groups is 1. The SMILES string of the molecule is CCOc1ccccc1C1(N2CC3(CN(C4CCN(C)CC4)C3)C2)C(=O)N(S(=O)(=O)c2ccc(OC)cn2)c2ccc(C#N)cc21. The molecule has 240 valence electrons. The minimum atomic E-state index is -4.46. The van der Waals surface area contributed by atoms with Gasteiger partial charge in [0.1, 0.15) is 11.5 Å². The molecule has 3 saturated heterocycles. The lowest BCUT2D eigenvalue weighted by Crippen LogP contribution is -2.77. The van der Waals surface area contributed by atoms with Gasteiger partial charge in [-0.25, -0.2) is 4.98 Å². The second-order valence-corrected chi connectivity index (χ2v) is 14.6. The van der Waals surface area contributed by atoms with Crippen LogP contribution in [0.25, 0.3) is 0 Å². The molecular formula is C34H38N6O5S. The molecule has 4 aliphatic rings. The predicted molar refractivity (Wildman–Crippen MR) is 171 cm³/mol. The fourth-order valence-electron chi connectivity index (χ4n) is 7.83. The standard InChI is InChI=1S/C34H38N6O5S/c1-4-45-30-8-6-5-7-27(30)34(39-22-33(23-39)20-38(21-33)25-13-15-37(2)16-14-25)28-17-24(18-35)9-11-29(28)40(32(34)41)46(42,43)31-12-10-26(44-3)19-36-31/h5-12,17,19,25H,4,13-16,20-23H2,1-3H3. The normalized spacial score (nSPS) is 23.4. The van der Waals surface area contributed by atoms with E-state index in [1.165, 1.54) is 25.4 Å². The van der Waals surface area contributed by atoms with E-state index in [9.17, 15) is 13.7 Å². The molecule has 1 atom stereocenters. The summed E-state index contributed by atoms with van der Waals surface area (Å²) in [6.07, 6.45) is 3.62. The van der Waals surface area contributed by atoms with Gasteiger partial charge < -0.3 is 14.4 Å². The molecule has 0 saturated carbocycles. The summed E-state index contributed by atoms with van der Waals surface area (Å²) in [5.41, 5.74) is 0.0113. The quantitative estimate of drug-likeness (QED) is 0.363. The molecule has 11 nitrogen and oxygen atoms in total. The summed E-state index contributed by atoms with van der Waals surface area (Å²) in [6.45, 7) is 7.52. The highest BCUT2D eigenvalue weighted by atomic mass is 32.2.